The molecule has 0 radical (unpaired) electrons. The van der Waals surface area contributed by atoms with Crippen LogP contribution < -0.4 is 9.64 Å². The smallest absolute Gasteiger partial charge is 0.238 e. The number of ether oxygens (including phenoxy) is 1. The van der Waals surface area contributed by atoms with Crippen LogP contribution >= 0.6 is 46.6 Å². The van der Waals surface area contributed by atoms with Gasteiger partial charge in [-0.2, -0.15) is 0 Å². The van der Waals surface area contributed by atoms with Crippen LogP contribution in [0, 0.1) is 0 Å². The number of hydrogen-bond acceptors (Lipinski definition) is 3. The molecule has 1 heterocycles. The molecule has 4 aromatic rings. The van der Waals surface area contributed by atoms with Crippen LogP contribution in [0.25, 0.3) is 10.8 Å². The van der Waals surface area contributed by atoms with E-state index >= 15 is 0 Å². The Morgan fingerprint density at radius 1 is 0.909 bits per heavy atom. The number of nitrogens with zero attached hydrogens (tertiary/aromatic N) is 1. The number of thioether (sulfide) groups is 1. The number of fused-ring (bicyclic) bond motifs is 1. The minimum Gasteiger partial charge on any atom is -0.486 e. The highest BCUT2D eigenvalue weighted by Crippen LogP contribution is 2.45. The van der Waals surface area contributed by atoms with Crippen molar-refractivity contribution >= 4 is 68.9 Å². The maximum absolute atomic E-state index is 12.6. The third-order valence-corrected chi connectivity index (χ3v) is 7.56. The zero-order chi connectivity index (χ0) is 22.9. The lowest BCUT2D eigenvalue weighted by Crippen LogP contribution is -2.27. The van der Waals surface area contributed by atoms with Gasteiger partial charge in [-0.25, -0.2) is 0 Å². The van der Waals surface area contributed by atoms with E-state index in [0.29, 0.717) is 33.2 Å². The van der Waals surface area contributed by atoms with E-state index in [2.05, 4.69) is 18.2 Å². The molecule has 1 saturated heterocycles. The summed E-state index contributed by atoms with van der Waals surface area (Å²) in [4.78, 5) is 14.4. The molecule has 0 bridgehead atoms. The fourth-order valence-corrected chi connectivity index (χ4v) is 5.88. The minimum atomic E-state index is -0.235. The Hall–Kier alpha value is -2.37. The third kappa shape index (κ3) is 4.53. The van der Waals surface area contributed by atoms with Crippen molar-refractivity contribution in [2.24, 2.45) is 0 Å². The van der Waals surface area contributed by atoms with E-state index in [1.807, 2.05) is 48.5 Å². The summed E-state index contributed by atoms with van der Waals surface area (Å²) < 4.78 is 6.06. The first-order chi connectivity index (χ1) is 16.0. The number of benzene rings is 4. The standard InChI is InChI=1S/C26H18Cl3NO2S/c27-19-8-10-20(11-9-19)30-24(31)15-33-26(30)18-12-22(28)25(23(29)13-18)32-14-17-6-3-5-16-4-1-2-7-21(16)17/h1-13,26H,14-15H2/t26-/m0/s1. The zero-order valence-corrected chi connectivity index (χ0v) is 20.4. The summed E-state index contributed by atoms with van der Waals surface area (Å²) in [5.41, 5.74) is 2.67. The highest BCUT2D eigenvalue weighted by Gasteiger charge is 2.34. The van der Waals surface area contributed by atoms with Gasteiger partial charge in [-0.15, -0.1) is 11.8 Å². The third-order valence-electron chi connectivity index (χ3n) is 5.53. The zero-order valence-electron chi connectivity index (χ0n) is 17.3. The number of rotatable bonds is 5. The van der Waals surface area contributed by atoms with Gasteiger partial charge in [0, 0.05) is 10.7 Å². The number of halogens is 3. The van der Waals surface area contributed by atoms with E-state index in [0.717, 1.165) is 27.6 Å². The molecular formula is C26H18Cl3NO2S. The summed E-state index contributed by atoms with van der Waals surface area (Å²) in [5.74, 6) is 0.834. The topological polar surface area (TPSA) is 29.5 Å². The Morgan fingerprint density at radius 2 is 1.61 bits per heavy atom. The Labute approximate surface area is 211 Å². The second-order valence-electron chi connectivity index (χ2n) is 7.64. The van der Waals surface area contributed by atoms with Gasteiger partial charge in [0.25, 0.3) is 0 Å². The van der Waals surface area contributed by atoms with Gasteiger partial charge in [0.15, 0.2) is 5.75 Å². The normalized spacial score (nSPS) is 15.9. The number of carbonyl (C=O) groups excluding carboxylic acids is 1. The molecule has 5 rings (SSSR count). The molecule has 166 valence electrons. The van der Waals surface area contributed by atoms with E-state index < -0.39 is 0 Å². The summed E-state index contributed by atoms with van der Waals surface area (Å²) in [6, 6.07) is 25.1. The van der Waals surface area contributed by atoms with Crippen molar-refractivity contribution in [3.63, 3.8) is 0 Å². The van der Waals surface area contributed by atoms with Crippen molar-refractivity contribution in [3.05, 3.63) is 105 Å². The molecule has 33 heavy (non-hydrogen) atoms. The Kier molecular flexibility index (Phi) is 6.44. The van der Waals surface area contributed by atoms with Gasteiger partial charge in [0.1, 0.15) is 12.0 Å². The molecule has 1 amide bonds. The van der Waals surface area contributed by atoms with E-state index in [-0.39, 0.29) is 11.3 Å². The Bertz CT molecular complexity index is 1310. The first kappa shape index (κ1) is 22.4. The van der Waals surface area contributed by atoms with Gasteiger partial charge < -0.3 is 4.74 Å². The van der Waals surface area contributed by atoms with Crippen LogP contribution in [0.1, 0.15) is 16.5 Å². The monoisotopic (exact) mass is 513 g/mol. The van der Waals surface area contributed by atoms with Crippen molar-refractivity contribution < 1.29 is 9.53 Å². The Morgan fingerprint density at radius 3 is 2.36 bits per heavy atom. The van der Waals surface area contributed by atoms with E-state index in [1.54, 1.807) is 17.0 Å². The summed E-state index contributed by atoms with van der Waals surface area (Å²) >= 11 is 20.8. The minimum absolute atomic E-state index is 0.0239. The molecule has 3 nitrogen and oxygen atoms in total. The number of anilines is 1. The first-order valence-electron chi connectivity index (χ1n) is 10.3. The van der Waals surface area contributed by atoms with Crippen LogP contribution in [0.15, 0.2) is 78.9 Å². The molecule has 0 saturated carbocycles. The number of hydrogen-bond donors (Lipinski definition) is 0. The van der Waals surface area contributed by atoms with E-state index in [4.69, 9.17) is 39.5 Å². The average molecular weight is 515 g/mol. The van der Waals surface area contributed by atoms with Crippen LogP contribution in [-0.2, 0) is 11.4 Å². The molecule has 7 heteroatoms. The van der Waals surface area contributed by atoms with Gasteiger partial charge in [-0.1, -0.05) is 77.3 Å². The van der Waals surface area contributed by atoms with Crippen molar-refractivity contribution in [1.82, 2.24) is 0 Å². The molecule has 1 aliphatic rings. The molecule has 0 spiro atoms. The van der Waals surface area contributed by atoms with Gasteiger partial charge in [-0.05, 0) is 58.3 Å². The molecule has 0 aromatic heterocycles. The molecule has 1 aliphatic heterocycles. The molecule has 0 N–H and O–H groups in total. The SMILES string of the molecule is O=C1CS[C@@H](c2cc(Cl)c(OCc3cccc4ccccc34)c(Cl)c2)N1c1ccc(Cl)cc1. The van der Waals surface area contributed by atoms with Gasteiger partial charge >= 0.3 is 0 Å². The fraction of sp³-hybridized carbons (Fsp3) is 0.115. The van der Waals surface area contributed by atoms with Crippen molar-refractivity contribution in [2.45, 2.75) is 12.0 Å². The van der Waals surface area contributed by atoms with Crippen molar-refractivity contribution in [2.75, 3.05) is 10.7 Å². The highest BCUT2D eigenvalue weighted by molar-refractivity contribution is 8.00. The van der Waals surface area contributed by atoms with Crippen LogP contribution in [0.3, 0.4) is 0 Å². The fourth-order valence-electron chi connectivity index (χ4n) is 3.98. The summed E-state index contributed by atoms with van der Waals surface area (Å²) in [6.45, 7) is 0.341. The lowest BCUT2D eigenvalue weighted by Gasteiger charge is -2.25. The predicted molar refractivity (Wildman–Crippen MR) is 139 cm³/mol. The number of carbonyl (C=O) groups is 1. The summed E-state index contributed by atoms with van der Waals surface area (Å²) in [6.07, 6.45) is 0. The van der Waals surface area contributed by atoms with Gasteiger partial charge in [0.2, 0.25) is 5.91 Å². The summed E-state index contributed by atoms with van der Waals surface area (Å²) in [7, 11) is 0. The van der Waals surface area contributed by atoms with Crippen LogP contribution in [0.4, 0.5) is 5.69 Å². The largest absolute Gasteiger partial charge is 0.486 e. The first-order valence-corrected chi connectivity index (χ1v) is 12.5. The summed E-state index contributed by atoms with van der Waals surface area (Å²) in [5, 5.41) is 3.48. The number of amides is 1. The Balaban J connectivity index is 1.41. The molecule has 1 atom stereocenters. The van der Waals surface area contributed by atoms with Gasteiger partial charge in [0.05, 0.1) is 15.8 Å². The predicted octanol–water partition coefficient (Wildman–Crippen LogP) is 8.16. The van der Waals surface area contributed by atoms with Crippen molar-refractivity contribution in [3.8, 4) is 5.75 Å². The van der Waals surface area contributed by atoms with Crippen LogP contribution in [0.2, 0.25) is 15.1 Å². The molecule has 4 aromatic carbocycles. The molecule has 0 unspecified atom stereocenters. The van der Waals surface area contributed by atoms with E-state index in [1.165, 1.54) is 11.8 Å². The second-order valence-corrected chi connectivity index (χ2v) is 9.96. The lowest BCUT2D eigenvalue weighted by atomic mass is 10.1. The lowest BCUT2D eigenvalue weighted by molar-refractivity contribution is -0.115. The van der Waals surface area contributed by atoms with E-state index in [9.17, 15) is 4.79 Å². The van der Waals surface area contributed by atoms with Crippen LogP contribution in [-0.4, -0.2) is 11.7 Å². The van der Waals surface area contributed by atoms with Crippen molar-refractivity contribution in [1.29, 1.82) is 0 Å². The highest BCUT2D eigenvalue weighted by atomic mass is 35.5. The molecule has 1 fully saturated rings. The quantitative estimate of drug-likeness (QED) is 0.269. The maximum atomic E-state index is 12.6. The average Bonchev–Trinajstić information content (AvgIpc) is 3.20. The van der Waals surface area contributed by atoms with Crippen LogP contribution in [0.5, 0.6) is 5.75 Å². The molecule has 0 aliphatic carbocycles. The molecular weight excluding hydrogens is 497 g/mol. The maximum Gasteiger partial charge on any atom is 0.238 e. The second kappa shape index (κ2) is 9.47. The van der Waals surface area contributed by atoms with Gasteiger partial charge in [-0.3, -0.25) is 9.69 Å².